The van der Waals surface area contributed by atoms with Gasteiger partial charge in [-0.25, -0.2) is 4.98 Å². The van der Waals surface area contributed by atoms with Crippen LogP contribution in [0.15, 0.2) is 28.7 Å². The van der Waals surface area contributed by atoms with Gasteiger partial charge in [-0.1, -0.05) is 12.1 Å². The molecule has 3 heteroatoms. The third kappa shape index (κ3) is 0.902. The minimum Gasteiger partial charge on any atom is -0.433 e. The second-order valence-electron chi connectivity index (χ2n) is 2.09. The van der Waals surface area contributed by atoms with Crippen LogP contribution < -0.4 is 0 Å². The smallest absolute Gasteiger partial charge is 0.293 e. The molecule has 0 spiro atoms. The molecule has 0 N–H and O–H groups in total. The summed E-state index contributed by atoms with van der Waals surface area (Å²) in [7, 11) is 0. The van der Waals surface area contributed by atoms with E-state index in [0.29, 0.717) is 11.1 Å². The fourth-order valence-corrected chi connectivity index (χ4v) is 0.916. The summed E-state index contributed by atoms with van der Waals surface area (Å²) in [4.78, 5) is 13.9. The van der Waals surface area contributed by atoms with Crippen molar-refractivity contribution < 1.29 is 9.21 Å². The molecule has 0 unspecified atom stereocenters. The van der Waals surface area contributed by atoms with Crippen molar-refractivity contribution >= 4 is 17.4 Å². The third-order valence-electron chi connectivity index (χ3n) is 1.38. The molecule has 2 aromatic rings. The molecule has 0 aliphatic rings. The van der Waals surface area contributed by atoms with E-state index in [1.807, 2.05) is 12.1 Å². The highest BCUT2D eigenvalue weighted by Crippen LogP contribution is 2.12. The number of benzene rings is 1. The summed E-state index contributed by atoms with van der Waals surface area (Å²) in [5, 5.41) is 0. The van der Waals surface area contributed by atoms with Gasteiger partial charge in [0, 0.05) is 0 Å². The highest BCUT2D eigenvalue weighted by atomic mass is 16.4. The van der Waals surface area contributed by atoms with Crippen molar-refractivity contribution in [2.75, 3.05) is 0 Å². The van der Waals surface area contributed by atoms with Crippen LogP contribution in [0, 0.1) is 0 Å². The zero-order chi connectivity index (χ0) is 7.68. The summed E-state index contributed by atoms with van der Waals surface area (Å²) < 4.78 is 4.98. The summed E-state index contributed by atoms with van der Waals surface area (Å²) in [6.07, 6.45) is 1.59. The van der Waals surface area contributed by atoms with Crippen molar-refractivity contribution in [1.29, 1.82) is 0 Å². The SMILES string of the molecule is O=[C]c1nc2ccccc2o1. The van der Waals surface area contributed by atoms with Crippen LogP contribution in [0.4, 0.5) is 0 Å². The van der Waals surface area contributed by atoms with Gasteiger partial charge in [-0.3, -0.25) is 4.79 Å². The molecular weight excluding hydrogens is 142 g/mol. The molecule has 53 valence electrons. The lowest BCUT2D eigenvalue weighted by atomic mass is 10.3. The fourth-order valence-electron chi connectivity index (χ4n) is 0.916. The Balaban J connectivity index is 2.78. The van der Waals surface area contributed by atoms with Gasteiger partial charge in [-0.15, -0.1) is 0 Å². The topological polar surface area (TPSA) is 43.1 Å². The van der Waals surface area contributed by atoms with Gasteiger partial charge in [-0.05, 0) is 12.1 Å². The van der Waals surface area contributed by atoms with Crippen molar-refractivity contribution in [1.82, 2.24) is 4.98 Å². The quantitative estimate of drug-likeness (QED) is 0.608. The molecule has 1 heterocycles. The van der Waals surface area contributed by atoms with Gasteiger partial charge < -0.3 is 4.42 Å². The van der Waals surface area contributed by atoms with Crippen LogP contribution in [0.2, 0.25) is 0 Å². The van der Waals surface area contributed by atoms with Crippen LogP contribution >= 0.6 is 0 Å². The average molecular weight is 146 g/mol. The molecule has 0 aliphatic heterocycles. The maximum Gasteiger partial charge on any atom is 0.293 e. The van der Waals surface area contributed by atoms with Gasteiger partial charge in [0.05, 0.1) is 0 Å². The third-order valence-corrected chi connectivity index (χ3v) is 1.38. The summed E-state index contributed by atoms with van der Waals surface area (Å²) >= 11 is 0. The predicted octanol–water partition coefficient (Wildman–Crippen LogP) is 1.29. The summed E-state index contributed by atoms with van der Waals surface area (Å²) in [6.45, 7) is 0. The first-order chi connectivity index (χ1) is 5.40. The van der Waals surface area contributed by atoms with Gasteiger partial charge in [0.25, 0.3) is 12.2 Å². The first kappa shape index (κ1) is 6.09. The van der Waals surface area contributed by atoms with Crippen molar-refractivity contribution in [2.24, 2.45) is 0 Å². The largest absolute Gasteiger partial charge is 0.433 e. The van der Waals surface area contributed by atoms with E-state index < -0.39 is 0 Å². The molecule has 3 nitrogen and oxygen atoms in total. The molecule has 1 aromatic carbocycles. The molecule has 11 heavy (non-hydrogen) atoms. The molecule has 0 saturated carbocycles. The Morgan fingerprint density at radius 1 is 1.36 bits per heavy atom. The van der Waals surface area contributed by atoms with Crippen LogP contribution in [-0.4, -0.2) is 11.3 Å². The Morgan fingerprint density at radius 3 is 2.91 bits per heavy atom. The summed E-state index contributed by atoms with van der Waals surface area (Å²) in [5.74, 6) is 0.00574. The second kappa shape index (κ2) is 2.20. The first-order valence-electron chi connectivity index (χ1n) is 3.14. The van der Waals surface area contributed by atoms with E-state index >= 15 is 0 Å². The molecule has 0 saturated heterocycles. The summed E-state index contributed by atoms with van der Waals surface area (Å²) in [5.41, 5.74) is 1.30. The zero-order valence-electron chi connectivity index (χ0n) is 5.57. The number of rotatable bonds is 1. The number of fused-ring (bicyclic) bond motifs is 1. The van der Waals surface area contributed by atoms with Gasteiger partial charge in [0.1, 0.15) is 5.52 Å². The molecule has 0 fully saturated rings. The van der Waals surface area contributed by atoms with E-state index in [1.165, 1.54) is 0 Å². The lowest BCUT2D eigenvalue weighted by molar-refractivity contribution is 0.528. The van der Waals surface area contributed by atoms with E-state index in [0.717, 1.165) is 0 Å². The standard InChI is InChI=1S/C8H4NO2/c10-5-8-9-6-3-1-2-4-7(6)11-8/h1-4H. The maximum atomic E-state index is 10.1. The van der Waals surface area contributed by atoms with Gasteiger partial charge in [-0.2, -0.15) is 0 Å². The van der Waals surface area contributed by atoms with Crippen LogP contribution in [0.5, 0.6) is 0 Å². The summed E-state index contributed by atoms with van der Waals surface area (Å²) in [6, 6.07) is 7.18. The molecule has 0 bridgehead atoms. The monoisotopic (exact) mass is 146 g/mol. The first-order valence-corrected chi connectivity index (χ1v) is 3.14. The molecule has 0 aliphatic carbocycles. The van der Waals surface area contributed by atoms with Crippen LogP contribution in [0.25, 0.3) is 11.1 Å². The number of aromatic nitrogens is 1. The van der Waals surface area contributed by atoms with Gasteiger partial charge in [0.15, 0.2) is 5.58 Å². The van der Waals surface area contributed by atoms with E-state index in [4.69, 9.17) is 4.42 Å². The zero-order valence-corrected chi connectivity index (χ0v) is 5.57. The van der Waals surface area contributed by atoms with E-state index in [9.17, 15) is 4.79 Å². The molecule has 1 radical (unpaired) electrons. The van der Waals surface area contributed by atoms with E-state index in [2.05, 4.69) is 4.98 Å². The van der Waals surface area contributed by atoms with Crippen molar-refractivity contribution in [3.63, 3.8) is 0 Å². The number of carbonyl (C=O) groups excluding carboxylic acids is 1. The molecule has 2 rings (SSSR count). The van der Waals surface area contributed by atoms with Crippen LogP contribution in [0.3, 0.4) is 0 Å². The second-order valence-corrected chi connectivity index (χ2v) is 2.09. The number of nitrogens with zero attached hydrogens (tertiary/aromatic N) is 1. The Hall–Kier alpha value is -1.64. The van der Waals surface area contributed by atoms with Crippen LogP contribution in [0.1, 0.15) is 5.89 Å². The van der Waals surface area contributed by atoms with E-state index in [1.54, 1.807) is 18.4 Å². The number of hydrogen-bond donors (Lipinski definition) is 0. The highest BCUT2D eigenvalue weighted by molar-refractivity contribution is 5.78. The lowest BCUT2D eigenvalue weighted by Gasteiger charge is -1.79. The molecular formula is C8H4NO2. The Morgan fingerprint density at radius 2 is 2.18 bits per heavy atom. The lowest BCUT2D eigenvalue weighted by Crippen LogP contribution is -1.74. The molecule has 1 aromatic heterocycles. The minimum absolute atomic E-state index is 0.00574. The Kier molecular flexibility index (Phi) is 1.22. The van der Waals surface area contributed by atoms with Crippen molar-refractivity contribution in [3.05, 3.63) is 30.2 Å². The highest BCUT2D eigenvalue weighted by Gasteiger charge is 2.02. The predicted molar refractivity (Wildman–Crippen MR) is 38.8 cm³/mol. The minimum atomic E-state index is 0.00574. The van der Waals surface area contributed by atoms with Crippen molar-refractivity contribution in [2.45, 2.75) is 0 Å². The molecule has 0 amide bonds. The number of para-hydroxylation sites is 2. The maximum absolute atomic E-state index is 10.1. The van der Waals surface area contributed by atoms with Crippen molar-refractivity contribution in [3.8, 4) is 0 Å². The Bertz CT molecular complexity index is 359. The van der Waals surface area contributed by atoms with Gasteiger partial charge >= 0.3 is 0 Å². The normalized spacial score (nSPS) is 10.2. The average Bonchev–Trinajstić information content (AvgIpc) is 2.46. The number of oxazole rings is 1. The fraction of sp³-hybridized carbons (Fsp3) is 0. The van der Waals surface area contributed by atoms with Gasteiger partial charge in [0.2, 0.25) is 0 Å². The van der Waals surface area contributed by atoms with E-state index in [-0.39, 0.29) is 5.89 Å². The molecule has 0 atom stereocenters. The number of hydrogen-bond acceptors (Lipinski definition) is 3. The Labute approximate surface area is 62.7 Å². The van der Waals surface area contributed by atoms with Crippen LogP contribution in [-0.2, 0) is 4.79 Å².